The molecule has 0 saturated heterocycles. The summed E-state index contributed by atoms with van der Waals surface area (Å²) in [5.74, 6) is 1.03. The molecule has 1 aliphatic heterocycles. The Morgan fingerprint density at radius 1 is 1.27 bits per heavy atom. The first-order chi connectivity index (χ1) is 7.38. The van der Waals surface area contributed by atoms with Gasteiger partial charge in [-0.15, -0.1) is 0 Å². The number of nitrogens with one attached hydrogen (secondary N) is 1. The first-order valence-electron chi connectivity index (χ1n) is 5.81. The van der Waals surface area contributed by atoms with E-state index in [9.17, 15) is 0 Å². The van der Waals surface area contributed by atoms with Crippen LogP contribution in [0.2, 0.25) is 0 Å². The van der Waals surface area contributed by atoms with Gasteiger partial charge in [0, 0.05) is 6.04 Å². The summed E-state index contributed by atoms with van der Waals surface area (Å²) in [5.41, 5.74) is 4.59. The molecule has 2 nitrogen and oxygen atoms in total. The van der Waals surface area contributed by atoms with Gasteiger partial charge in [0.15, 0.2) is 0 Å². The average Bonchev–Trinajstić information content (AvgIpc) is 2.29. The van der Waals surface area contributed by atoms with E-state index in [4.69, 9.17) is 4.74 Å². The lowest BCUT2D eigenvalue weighted by Crippen LogP contribution is -2.32. The number of aryl methyl sites for hydroxylation is 1. The molecule has 80 valence electrons. The average molecular weight is 203 g/mol. The molecule has 0 amide bonds. The minimum absolute atomic E-state index is 0.614. The Hall–Kier alpha value is -1.02. The summed E-state index contributed by atoms with van der Waals surface area (Å²) >= 11 is 0. The van der Waals surface area contributed by atoms with E-state index in [1.807, 2.05) is 0 Å². The van der Waals surface area contributed by atoms with E-state index in [0.717, 1.165) is 18.7 Å². The fraction of sp³-hybridized carbons (Fsp3) is 0.538. The molecular weight excluding hydrogens is 186 g/mol. The third-order valence-corrected chi connectivity index (χ3v) is 3.63. The molecule has 2 aliphatic rings. The Labute approximate surface area is 90.6 Å². The first-order valence-corrected chi connectivity index (χ1v) is 5.81. The summed E-state index contributed by atoms with van der Waals surface area (Å²) < 4.78 is 5.36. The van der Waals surface area contributed by atoms with Crippen LogP contribution in [0.4, 0.5) is 0 Å². The maximum atomic E-state index is 5.36. The molecule has 0 spiro atoms. The zero-order chi connectivity index (χ0) is 10.3. The van der Waals surface area contributed by atoms with Gasteiger partial charge >= 0.3 is 0 Å². The number of methoxy groups -OCH3 is 1. The molecule has 15 heavy (non-hydrogen) atoms. The molecule has 1 atom stereocenters. The third kappa shape index (κ3) is 1.44. The molecule has 1 N–H and O–H groups in total. The summed E-state index contributed by atoms with van der Waals surface area (Å²) in [5, 5.41) is 3.61. The topological polar surface area (TPSA) is 21.3 Å². The largest absolute Gasteiger partial charge is 0.497 e. The number of hydrogen-bond donors (Lipinski definition) is 1. The molecule has 1 unspecified atom stereocenters. The predicted molar refractivity (Wildman–Crippen MR) is 60.4 cm³/mol. The van der Waals surface area contributed by atoms with Gasteiger partial charge in [0.25, 0.3) is 0 Å². The second kappa shape index (κ2) is 3.53. The molecular formula is C13H17NO. The Morgan fingerprint density at radius 2 is 2.07 bits per heavy atom. The number of ether oxygens (including phenoxy) is 1. The zero-order valence-electron chi connectivity index (χ0n) is 9.18. The minimum Gasteiger partial charge on any atom is -0.497 e. The van der Waals surface area contributed by atoms with Crippen molar-refractivity contribution in [3.8, 4) is 5.75 Å². The quantitative estimate of drug-likeness (QED) is 0.755. The van der Waals surface area contributed by atoms with Crippen LogP contribution in [0.3, 0.4) is 0 Å². The Balaban J connectivity index is 2.15. The van der Waals surface area contributed by atoms with E-state index < -0.39 is 0 Å². The molecule has 0 bridgehead atoms. The highest BCUT2D eigenvalue weighted by atomic mass is 16.5. The van der Waals surface area contributed by atoms with Crippen molar-refractivity contribution in [3.05, 3.63) is 28.8 Å². The van der Waals surface area contributed by atoms with Gasteiger partial charge in [0.2, 0.25) is 0 Å². The van der Waals surface area contributed by atoms with Gasteiger partial charge in [0.05, 0.1) is 7.11 Å². The van der Waals surface area contributed by atoms with Crippen LogP contribution in [-0.2, 0) is 12.8 Å². The molecule has 3 rings (SSSR count). The van der Waals surface area contributed by atoms with Crippen LogP contribution in [0.15, 0.2) is 12.1 Å². The maximum absolute atomic E-state index is 5.36. The van der Waals surface area contributed by atoms with Gasteiger partial charge in [-0.1, -0.05) is 0 Å². The van der Waals surface area contributed by atoms with Crippen molar-refractivity contribution in [1.82, 2.24) is 5.32 Å². The summed E-state index contributed by atoms with van der Waals surface area (Å²) in [6, 6.07) is 5.05. The molecule has 1 aliphatic carbocycles. The molecule has 0 saturated carbocycles. The van der Waals surface area contributed by atoms with Crippen LogP contribution < -0.4 is 10.1 Å². The van der Waals surface area contributed by atoms with Gasteiger partial charge in [-0.2, -0.15) is 0 Å². The highest BCUT2D eigenvalue weighted by molar-refractivity contribution is 5.46. The van der Waals surface area contributed by atoms with E-state index in [-0.39, 0.29) is 0 Å². The van der Waals surface area contributed by atoms with E-state index in [1.165, 1.54) is 30.4 Å². The molecule has 1 aromatic carbocycles. The first kappa shape index (κ1) is 9.22. The molecule has 0 radical (unpaired) electrons. The lowest BCUT2D eigenvalue weighted by atomic mass is 9.81. The van der Waals surface area contributed by atoms with Crippen LogP contribution >= 0.6 is 0 Å². The van der Waals surface area contributed by atoms with Crippen LogP contribution in [-0.4, -0.2) is 13.7 Å². The highest BCUT2D eigenvalue weighted by Crippen LogP contribution is 2.37. The molecule has 0 aromatic heterocycles. The number of rotatable bonds is 1. The van der Waals surface area contributed by atoms with Gasteiger partial charge in [-0.3, -0.25) is 0 Å². The van der Waals surface area contributed by atoms with Gasteiger partial charge in [-0.05, 0) is 61.1 Å². The predicted octanol–water partition coefficient (Wildman–Crippen LogP) is 2.22. The van der Waals surface area contributed by atoms with Crippen molar-refractivity contribution in [3.63, 3.8) is 0 Å². The van der Waals surface area contributed by atoms with Crippen LogP contribution in [0.1, 0.15) is 35.6 Å². The summed E-state index contributed by atoms with van der Waals surface area (Å²) in [6.45, 7) is 1.12. The monoisotopic (exact) mass is 203 g/mol. The van der Waals surface area contributed by atoms with Crippen molar-refractivity contribution in [2.75, 3.05) is 13.7 Å². The second-order valence-electron chi connectivity index (χ2n) is 4.51. The molecule has 0 fully saturated rings. The normalized spacial score (nSPS) is 23.4. The Kier molecular flexibility index (Phi) is 2.17. The van der Waals surface area contributed by atoms with Crippen molar-refractivity contribution in [1.29, 1.82) is 0 Å². The lowest BCUT2D eigenvalue weighted by molar-refractivity contribution is 0.404. The fourth-order valence-corrected chi connectivity index (χ4v) is 2.95. The van der Waals surface area contributed by atoms with E-state index in [0.29, 0.717) is 6.04 Å². The fourth-order valence-electron chi connectivity index (χ4n) is 2.95. The van der Waals surface area contributed by atoms with Crippen molar-refractivity contribution >= 4 is 0 Å². The van der Waals surface area contributed by atoms with Crippen molar-refractivity contribution in [2.24, 2.45) is 0 Å². The smallest absolute Gasteiger partial charge is 0.119 e. The van der Waals surface area contributed by atoms with Gasteiger partial charge in [-0.25, -0.2) is 0 Å². The number of benzene rings is 1. The Morgan fingerprint density at radius 3 is 2.87 bits per heavy atom. The van der Waals surface area contributed by atoms with E-state index in [2.05, 4.69) is 17.4 Å². The molecule has 1 aromatic rings. The zero-order valence-corrected chi connectivity index (χ0v) is 9.18. The van der Waals surface area contributed by atoms with Crippen molar-refractivity contribution < 1.29 is 4.74 Å². The van der Waals surface area contributed by atoms with Crippen LogP contribution in [0.25, 0.3) is 0 Å². The lowest BCUT2D eigenvalue weighted by Gasteiger charge is -2.33. The number of hydrogen-bond acceptors (Lipinski definition) is 2. The van der Waals surface area contributed by atoms with Gasteiger partial charge in [0.1, 0.15) is 5.75 Å². The van der Waals surface area contributed by atoms with Gasteiger partial charge < -0.3 is 10.1 Å². The van der Waals surface area contributed by atoms with E-state index in [1.54, 1.807) is 12.7 Å². The SMILES string of the molecule is COc1cc2c3c(c1)CCNC3CCC2. The minimum atomic E-state index is 0.614. The Bertz CT molecular complexity index is 355. The van der Waals surface area contributed by atoms with E-state index >= 15 is 0 Å². The maximum Gasteiger partial charge on any atom is 0.119 e. The summed E-state index contributed by atoms with van der Waals surface area (Å²) in [6.07, 6.45) is 4.97. The molecule has 2 heteroatoms. The third-order valence-electron chi connectivity index (χ3n) is 3.63. The van der Waals surface area contributed by atoms with Crippen LogP contribution in [0, 0.1) is 0 Å². The second-order valence-corrected chi connectivity index (χ2v) is 4.51. The molecule has 1 heterocycles. The summed E-state index contributed by atoms with van der Waals surface area (Å²) in [7, 11) is 1.76. The standard InChI is InChI=1S/C13H17NO/c1-15-11-7-9-3-2-4-12-13(9)10(8-11)5-6-14-12/h7-8,12,14H,2-6H2,1H3. The van der Waals surface area contributed by atoms with Crippen molar-refractivity contribution in [2.45, 2.75) is 31.7 Å². The highest BCUT2D eigenvalue weighted by Gasteiger charge is 2.26. The summed E-state index contributed by atoms with van der Waals surface area (Å²) in [4.78, 5) is 0. The van der Waals surface area contributed by atoms with Crippen LogP contribution in [0.5, 0.6) is 5.75 Å².